The molecule has 0 bridgehead atoms. The van der Waals surface area contributed by atoms with E-state index in [1.54, 1.807) is 10.7 Å². The molecule has 0 spiro atoms. The van der Waals surface area contributed by atoms with Gasteiger partial charge in [0, 0.05) is 0 Å². The number of carboxylic acids is 1. The van der Waals surface area contributed by atoms with Gasteiger partial charge in [0.2, 0.25) is 0 Å². The molecule has 1 N–H and O–H groups in total. The number of carboxylic acid groups (broad SMARTS) is 1. The second-order valence-electron chi connectivity index (χ2n) is 5.00. The summed E-state index contributed by atoms with van der Waals surface area (Å²) in [6.45, 7) is 6.52. The number of hydrogen-bond acceptors (Lipinski definition) is 2. The molecule has 2 rings (SSSR count). The fourth-order valence-corrected chi connectivity index (χ4v) is 1.96. The number of nitrogens with zero attached hydrogens (tertiary/aromatic N) is 2. The number of carbonyl (C=O) groups is 1. The van der Waals surface area contributed by atoms with Crippen LogP contribution in [-0.2, 0) is 6.54 Å². The molecule has 0 saturated heterocycles. The van der Waals surface area contributed by atoms with Crippen molar-refractivity contribution in [3.63, 3.8) is 0 Å². The summed E-state index contributed by atoms with van der Waals surface area (Å²) in [6.07, 6.45) is 0. The topological polar surface area (TPSA) is 55.1 Å². The summed E-state index contributed by atoms with van der Waals surface area (Å²) in [5.41, 5.74) is 3.28. The average Bonchev–Trinajstić information content (AvgIpc) is 2.76. The van der Waals surface area contributed by atoms with Crippen LogP contribution in [0.5, 0.6) is 0 Å². The molecule has 0 aliphatic rings. The molecule has 0 unspecified atom stereocenters. The molecule has 0 radical (unpaired) electrons. The second kappa shape index (κ2) is 5.26. The monoisotopic (exact) mass is 258 g/mol. The maximum absolute atomic E-state index is 11.3. The van der Waals surface area contributed by atoms with Crippen LogP contribution < -0.4 is 0 Å². The molecule has 0 amide bonds. The van der Waals surface area contributed by atoms with E-state index in [1.165, 1.54) is 0 Å². The highest BCUT2D eigenvalue weighted by Gasteiger charge is 2.16. The lowest BCUT2D eigenvalue weighted by Gasteiger charge is -2.07. The molecule has 2 aromatic rings. The van der Waals surface area contributed by atoms with E-state index in [1.807, 2.05) is 45.0 Å². The maximum atomic E-state index is 11.3. The number of hydrogen-bond donors (Lipinski definition) is 1. The summed E-state index contributed by atoms with van der Waals surface area (Å²) in [6, 6.07) is 9.60. The average molecular weight is 258 g/mol. The Morgan fingerprint density at radius 2 is 2.05 bits per heavy atom. The van der Waals surface area contributed by atoms with Gasteiger partial charge in [-0.15, -0.1) is 0 Å². The van der Waals surface area contributed by atoms with Gasteiger partial charge in [-0.25, -0.2) is 4.79 Å². The number of aryl methyl sites for hydroxylation is 1. The van der Waals surface area contributed by atoms with E-state index in [0.29, 0.717) is 6.54 Å². The third kappa shape index (κ3) is 2.84. The first-order valence-electron chi connectivity index (χ1n) is 6.34. The van der Waals surface area contributed by atoms with Crippen LogP contribution in [0.4, 0.5) is 0 Å². The summed E-state index contributed by atoms with van der Waals surface area (Å²) >= 11 is 0. The largest absolute Gasteiger partial charge is 0.477 e. The zero-order valence-corrected chi connectivity index (χ0v) is 11.4. The first-order chi connectivity index (χ1) is 8.99. The molecular formula is C15H18N2O2. The minimum atomic E-state index is -0.937. The minimum absolute atomic E-state index is 0.219. The van der Waals surface area contributed by atoms with Gasteiger partial charge < -0.3 is 5.11 Å². The van der Waals surface area contributed by atoms with Crippen LogP contribution >= 0.6 is 0 Å². The van der Waals surface area contributed by atoms with Gasteiger partial charge >= 0.3 is 5.97 Å². The van der Waals surface area contributed by atoms with Crippen molar-refractivity contribution in [2.45, 2.75) is 33.2 Å². The Kier molecular flexibility index (Phi) is 3.69. The maximum Gasteiger partial charge on any atom is 0.354 e. The van der Waals surface area contributed by atoms with Crippen molar-refractivity contribution in [1.82, 2.24) is 9.78 Å². The van der Waals surface area contributed by atoms with Gasteiger partial charge in [0.15, 0.2) is 0 Å². The highest BCUT2D eigenvalue weighted by atomic mass is 16.4. The van der Waals surface area contributed by atoms with E-state index in [2.05, 4.69) is 5.10 Å². The van der Waals surface area contributed by atoms with Crippen LogP contribution in [0, 0.1) is 6.92 Å². The van der Waals surface area contributed by atoms with Gasteiger partial charge in [-0.3, -0.25) is 4.68 Å². The zero-order chi connectivity index (χ0) is 14.0. The molecule has 4 heteroatoms. The van der Waals surface area contributed by atoms with E-state index in [0.717, 1.165) is 16.8 Å². The minimum Gasteiger partial charge on any atom is -0.477 e. The standard InChI is InChI=1S/C15H18N2O2/c1-10(2)13-8-14(15(18)19)17(16-13)9-12-7-5-4-6-11(12)3/h4-8,10H,9H2,1-3H3,(H,18,19). The van der Waals surface area contributed by atoms with Gasteiger partial charge in [-0.2, -0.15) is 5.10 Å². The van der Waals surface area contributed by atoms with E-state index in [-0.39, 0.29) is 11.6 Å². The SMILES string of the molecule is Cc1ccccc1Cn1nc(C(C)C)cc1C(=O)O. The van der Waals surface area contributed by atoms with Crippen LogP contribution in [0.3, 0.4) is 0 Å². The lowest BCUT2D eigenvalue weighted by Crippen LogP contribution is -2.11. The van der Waals surface area contributed by atoms with Crippen LogP contribution in [0.2, 0.25) is 0 Å². The lowest BCUT2D eigenvalue weighted by molar-refractivity contribution is 0.0684. The van der Waals surface area contributed by atoms with Gasteiger partial charge in [-0.1, -0.05) is 38.1 Å². The highest BCUT2D eigenvalue weighted by molar-refractivity contribution is 5.85. The third-order valence-corrected chi connectivity index (χ3v) is 3.19. The highest BCUT2D eigenvalue weighted by Crippen LogP contribution is 2.17. The molecule has 4 nitrogen and oxygen atoms in total. The van der Waals surface area contributed by atoms with Crippen molar-refractivity contribution in [3.05, 3.63) is 52.8 Å². The summed E-state index contributed by atoms with van der Waals surface area (Å²) in [4.78, 5) is 11.3. The Hall–Kier alpha value is -2.10. The van der Waals surface area contributed by atoms with Gasteiger partial charge in [0.1, 0.15) is 5.69 Å². The molecule has 1 heterocycles. The molecule has 100 valence electrons. The lowest BCUT2D eigenvalue weighted by atomic mass is 10.1. The van der Waals surface area contributed by atoms with Crippen LogP contribution in [0.1, 0.15) is 47.1 Å². The predicted octanol–water partition coefficient (Wildman–Crippen LogP) is 3.06. The molecule has 19 heavy (non-hydrogen) atoms. The molecule has 1 aromatic heterocycles. The van der Waals surface area contributed by atoms with Crippen molar-refractivity contribution in [3.8, 4) is 0 Å². The zero-order valence-electron chi connectivity index (χ0n) is 11.4. The fourth-order valence-electron chi connectivity index (χ4n) is 1.96. The van der Waals surface area contributed by atoms with E-state index in [9.17, 15) is 9.90 Å². The number of aromatic carboxylic acids is 1. The van der Waals surface area contributed by atoms with Gasteiger partial charge in [0.25, 0.3) is 0 Å². The van der Waals surface area contributed by atoms with E-state index in [4.69, 9.17) is 0 Å². The normalized spacial score (nSPS) is 10.9. The van der Waals surface area contributed by atoms with Crippen LogP contribution in [-0.4, -0.2) is 20.9 Å². The van der Waals surface area contributed by atoms with Crippen molar-refractivity contribution in [2.24, 2.45) is 0 Å². The van der Waals surface area contributed by atoms with Gasteiger partial charge in [0.05, 0.1) is 12.2 Å². The molecule has 0 aliphatic carbocycles. The molecular weight excluding hydrogens is 240 g/mol. The van der Waals surface area contributed by atoms with Crippen LogP contribution in [0.25, 0.3) is 0 Å². The first-order valence-corrected chi connectivity index (χ1v) is 6.34. The van der Waals surface area contributed by atoms with Crippen molar-refractivity contribution in [2.75, 3.05) is 0 Å². The first kappa shape index (κ1) is 13.3. The Balaban J connectivity index is 2.39. The number of aromatic nitrogens is 2. The Bertz CT molecular complexity index is 600. The van der Waals surface area contributed by atoms with Crippen molar-refractivity contribution in [1.29, 1.82) is 0 Å². The second-order valence-corrected chi connectivity index (χ2v) is 5.00. The van der Waals surface area contributed by atoms with Crippen molar-refractivity contribution >= 4 is 5.97 Å². The fraction of sp³-hybridized carbons (Fsp3) is 0.333. The summed E-state index contributed by atoms with van der Waals surface area (Å²) < 4.78 is 1.57. The van der Waals surface area contributed by atoms with Gasteiger partial charge in [-0.05, 0) is 30.0 Å². The van der Waals surface area contributed by atoms with Crippen molar-refractivity contribution < 1.29 is 9.90 Å². The summed E-state index contributed by atoms with van der Waals surface area (Å²) in [5.74, 6) is -0.718. The third-order valence-electron chi connectivity index (χ3n) is 3.19. The smallest absolute Gasteiger partial charge is 0.354 e. The number of rotatable bonds is 4. The number of benzene rings is 1. The molecule has 0 atom stereocenters. The molecule has 0 fully saturated rings. The summed E-state index contributed by atoms with van der Waals surface area (Å²) in [5, 5.41) is 13.7. The Morgan fingerprint density at radius 3 is 2.63 bits per heavy atom. The Morgan fingerprint density at radius 1 is 1.37 bits per heavy atom. The van der Waals surface area contributed by atoms with E-state index < -0.39 is 5.97 Å². The molecule has 0 aliphatic heterocycles. The quantitative estimate of drug-likeness (QED) is 0.917. The predicted molar refractivity (Wildman–Crippen MR) is 73.6 cm³/mol. The molecule has 1 aromatic carbocycles. The summed E-state index contributed by atoms with van der Waals surface area (Å²) in [7, 11) is 0. The Labute approximate surface area is 112 Å². The van der Waals surface area contributed by atoms with E-state index >= 15 is 0 Å². The van der Waals surface area contributed by atoms with Crippen LogP contribution in [0.15, 0.2) is 30.3 Å². The molecule has 0 saturated carbocycles.